The van der Waals surface area contributed by atoms with E-state index in [-0.39, 0.29) is 0 Å². The van der Waals surface area contributed by atoms with Crippen LogP contribution in [-0.4, -0.2) is 32.0 Å². The lowest BCUT2D eigenvalue weighted by molar-refractivity contribution is 0.791. The van der Waals surface area contributed by atoms with Crippen LogP contribution in [0.2, 0.25) is 0 Å². The fourth-order valence-electron chi connectivity index (χ4n) is 2.55. The van der Waals surface area contributed by atoms with Gasteiger partial charge in [0.05, 0.1) is 11.2 Å². The van der Waals surface area contributed by atoms with Crippen LogP contribution in [0.1, 0.15) is 0 Å². The SMILES string of the molecule is CS1(c2ccc(-c3nnnn3-c3ccccc3)c(Br)c2)C=CN=C1. The van der Waals surface area contributed by atoms with E-state index in [1.807, 2.05) is 42.1 Å². The molecule has 2 aromatic carbocycles. The number of hydrogen-bond donors (Lipinski definition) is 0. The highest BCUT2D eigenvalue weighted by atomic mass is 79.9. The zero-order chi connectivity index (χ0) is 16.6. The highest BCUT2D eigenvalue weighted by molar-refractivity contribution is 9.10. The summed E-state index contributed by atoms with van der Waals surface area (Å²) in [5, 5.41) is 14.3. The maximum absolute atomic E-state index is 4.25. The Morgan fingerprint density at radius 1 is 1.08 bits per heavy atom. The first-order valence-electron chi connectivity index (χ1n) is 7.29. The molecule has 1 atom stereocenters. The molecular weight excluding hydrogens is 386 g/mol. The summed E-state index contributed by atoms with van der Waals surface area (Å²) >= 11 is 3.68. The largest absolute Gasteiger partial charge is 0.258 e. The Labute approximate surface area is 149 Å². The van der Waals surface area contributed by atoms with E-state index in [0.717, 1.165) is 15.7 Å². The van der Waals surface area contributed by atoms with Gasteiger partial charge < -0.3 is 0 Å². The molecule has 1 aromatic heterocycles. The fourth-order valence-corrected chi connectivity index (χ4v) is 4.98. The van der Waals surface area contributed by atoms with Gasteiger partial charge in [0.1, 0.15) is 0 Å². The molecule has 0 amide bonds. The van der Waals surface area contributed by atoms with Crippen molar-refractivity contribution < 1.29 is 0 Å². The van der Waals surface area contributed by atoms with Crippen LogP contribution in [0.3, 0.4) is 0 Å². The summed E-state index contributed by atoms with van der Waals surface area (Å²) in [6.45, 7) is 0. The molecule has 5 nitrogen and oxygen atoms in total. The predicted octanol–water partition coefficient (Wildman–Crippen LogP) is 4.40. The van der Waals surface area contributed by atoms with E-state index in [1.165, 1.54) is 4.90 Å². The number of para-hydroxylation sites is 1. The van der Waals surface area contributed by atoms with Crippen LogP contribution in [0, 0.1) is 0 Å². The molecule has 4 rings (SSSR count). The van der Waals surface area contributed by atoms with Crippen LogP contribution < -0.4 is 0 Å². The molecule has 0 radical (unpaired) electrons. The van der Waals surface area contributed by atoms with Crippen LogP contribution in [0.5, 0.6) is 0 Å². The average Bonchev–Trinajstić information content (AvgIpc) is 3.25. The summed E-state index contributed by atoms with van der Waals surface area (Å²) in [6.07, 6.45) is 4.09. The van der Waals surface area contributed by atoms with Gasteiger partial charge in [-0.1, -0.05) is 18.2 Å². The molecule has 0 saturated carbocycles. The van der Waals surface area contributed by atoms with E-state index >= 15 is 0 Å². The molecule has 2 heterocycles. The second-order valence-electron chi connectivity index (χ2n) is 5.48. The molecule has 0 bridgehead atoms. The quantitative estimate of drug-likeness (QED) is 0.655. The van der Waals surface area contributed by atoms with Crippen LogP contribution in [0.25, 0.3) is 17.1 Å². The molecule has 0 N–H and O–H groups in total. The number of hydrogen-bond acceptors (Lipinski definition) is 4. The lowest BCUT2D eigenvalue weighted by Gasteiger charge is -2.25. The van der Waals surface area contributed by atoms with Gasteiger partial charge in [-0.15, -0.1) is 5.10 Å². The van der Waals surface area contributed by atoms with Crippen molar-refractivity contribution in [2.45, 2.75) is 4.90 Å². The zero-order valence-electron chi connectivity index (χ0n) is 12.9. The van der Waals surface area contributed by atoms with Crippen LogP contribution >= 0.6 is 26.0 Å². The summed E-state index contributed by atoms with van der Waals surface area (Å²) in [7, 11) is -1.11. The van der Waals surface area contributed by atoms with Gasteiger partial charge in [-0.05, 0) is 73.2 Å². The second-order valence-corrected chi connectivity index (χ2v) is 9.38. The summed E-state index contributed by atoms with van der Waals surface area (Å²) < 4.78 is 2.71. The first-order valence-corrected chi connectivity index (χ1v) is 10.3. The molecule has 120 valence electrons. The van der Waals surface area contributed by atoms with Gasteiger partial charge in [-0.25, -0.2) is 0 Å². The van der Waals surface area contributed by atoms with E-state index in [0.29, 0.717) is 5.82 Å². The molecule has 1 unspecified atom stereocenters. The van der Waals surface area contributed by atoms with E-state index in [4.69, 9.17) is 0 Å². The van der Waals surface area contributed by atoms with Crippen molar-refractivity contribution in [3.05, 3.63) is 64.6 Å². The maximum atomic E-state index is 4.25. The van der Waals surface area contributed by atoms with Gasteiger partial charge >= 0.3 is 0 Å². The van der Waals surface area contributed by atoms with Gasteiger partial charge in [-0.3, -0.25) is 4.99 Å². The molecule has 24 heavy (non-hydrogen) atoms. The molecule has 0 fully saturated rings. The number of nitrogens with zero attached hydrogens (tertiary/aromatic N) is 5. The molecule has 7 heteroatoms. The Morgan fingerprint density at radius 3 is 2.62 bits per heavy atom. The average molecular weight is 400 g/mol. The molecule has 1 aliphatic heterocycles. The first-order chi connectivity index (χ1) is 11.7. The number of aliphatic imine (C=N–C) groups is 1. The summed E-state index contributed by atoms with van der Waals surface area (Å²) in [6, 6.07) is 16.2. The van der Waals surface area contributed by atoms with Crippen molar-refractivity contribution in [2.75, 3.05) is 6.26 Å². The molecule has 0 aliphatic carbocycles. The Balaban J connectivity index is 1.78. The third kappa shape index (κ3) is 2.59. The molecular formula is C17H14BrN5S. The normalized spacial score (nSPS) is 21.8. The van der Waals surface area contributed by atoms with Crippen molar-refractivity contribution in [1.29, 1.82) is 0 Å². The number of tetrazole rings is 1. The first kappa shape index (κ1) is 15.3. The van der Waals surface area contributed by atoms with Crippen molar-refractivity contribution in [1.82, 2.24) is 20.2 Å². The highest BCUT2D eigenvalue weighted by Gasteiger charge is 2.21. The number of benzene rings is 2. The van der Waals surface area contributed by atoms with E-state index in [1.54, 1.807) is 4.68 Å². The number of rotatable bonds is 3. The standard InChI is InChI=1S/C17H14BrN5S/c1-24(10-9-19-12-24)14-7-8-15(16(18)11-14)17-20-21-22-23(17)13-5-3-2-4-6-13/h2-12H,1H3. The van der Waals surface area contributed by atoms with Gasteiger partial charge in [0.15, 0.2) is 5.82 Å². The highest BCUT2D eigenvalue weighted by Crippen LogP contribution is 2.54. The molecule has 1 aliphatic rings. The summed E-state index contributed by atoms with van der Waals surface area (Å²) in [5.74, 6) is 0.704. The minimum absolute atomic E-state index is 0.704. The number of halogens is 1. The van der Waals surface area contributed by atoms with Crippen LogP contribution in [0.4, 0.5) is 0 Å². The Hall–Kier alpha value is -2.25. The van der Waals surface area contributed by atoms with E-state index < -0.39 is 10.0 Å². The minimum atomic E-state index is -1.11. The maximum Gasteiger partial charge on any atom is 0.188 e. The van der Waals surface area contributed by atoms with Crippen LogP contribution in [-0.2, 0) is 0 Å². The summed E-state index contributed by atoms with van der Waals surface area (Å²) in [4.78, 5) is 5.49. The third-order valence-corrected chi connectivity index (χ3v) is 7.04. The second kappa shape index (κ2) is 5.99. The van der Waals surface area contributed by atoms with Gasteiger partial charge in [0.2, 0.25) is 0 Å². The van der Waals surface area contributed by atoms with Gasteiger partial charge in [-0.2, -0.15) is 14.7 Å². The third-order valence-electron chi connectivity index (χ3n) is 3.87. The molecule has 0 spiro atoms. The molecule has 0 saturated heterocycles. The summed E-state index contributed by atoms with van der Waals surface area (Å²) in [5.41, 5.74) is 3.91. The minimum Gasteiger partial charge on any atom is -0.258 e. The monoisotopic (exact) mass is 399 g/mol. The lowest BCUT2D eigenvalue weighted by Crippen LogP contribution is -2.00. The van der Waals surface area contributed by atoms with E-state index in [2.05, 4.69) is 66.3 Å². The Bertz CT molecular complexity index is 937. The van der Waals surface area contributed by atoms with Crippen LogP contribution in [0.15, 0.2) is 74.5 Å². The number of aromatic nitrogens is 4. The van der Waals surface area contributed by atoms with E-state index in [9.17, 15) is 0 Å². The van der Waals surface area contributed by atoms with Crippen molar-refractivity contribution >= 4 is 31.5 Å². The zero-order valence-corrected chi connectivity index (χ0v) is 15.3. The Morgan fingerprint density at radius 2 is 1.92 bits per heavy atom. The van der Waals surface area contributed by atoms with Crippen molar-refractivity contribution in [2.24, 2.45) is 4.99 Å². The van der Waals surface area contributed by atoms with Crippen molar-refractivity contribution in [3.63, 3.8) is 0 Å². The Kier molecular flexibility index (Phi) is 3.82. The van der Waals surface area contributed by atoms with Gasteiger partial charge in [0, 0.05) is 16.2 Å². The van der Waals surface area contributed by atoms with Gasteiger partial charge in [0.25, 0.3) is 0 Å². The molecule has 3 aromatic rings. The fraction of sp³-hybridized carbons (Fsp3) is 0.0588. The van der Waals surface area contributed by atoms with Crippen molar-refractivity contribution in [3.8, 4) is 17.1 Å². The predicted molar refractivity (Wildman–Crippen MR) is 102 cm³/mol. The lowest BCUT2D eigenvalue weighted by atomic mass is 10.2. The smallest absolute Gasteiger partial charge is 0.188 e. The topological polar surface area (TPSA) is 56.0 Å².